The summed E-state index contributed by atoms with van der Waals surface area (Å²) in [6.45, 7) is 3.57. The van der Waals surface area contributed by atoms with Crippen molar-refractivity contribution in [2.45, 2.75) is 38.0 Å². The van der Waals surface area contributed by atoms with Gasteiger partial charge in [0, 0.05) is 38.4 Å². The van der Waals surface area contributed by atoms with Gasteiger partial charge < -0.3 is 10.2 Å². The van der Waals surface area contributed by atoms with Gasteiger partial charge in [0.05, 0.1) is 0 Å². The van der Waals surface area contributed by atoms with Gasteiger partial charge in [-0.15, -0.1) is 0 Å². The molecule has 4 nitrogen and oxygen atoms in total. The van der Waals surface area contributed by atoms with Crippen LogP contribution in [-0.2, 0) is 15.0 Å². The molecule has 0 unspecified atom stereocenters. The van der Waals surface area contributed by atoms with Crippen molar-refractivity contribution in [3.63, 3.8) is 0 Å². The van der Waals surface area contributed by atoms with Crippen LogP contribution in [0.15, 0.2) is 60.7 Å². The normalized spacial score (nSPS) is 16.0. The Bertz CT molecular complexity index is 719. The van der Waals surface area contributed by atoms with Gasteiger partial charge in [0.2, 0.25) is 11.8 Å². The summed E-state index contributed by atoms with van der Waals surface area (Å²) in [5.74, 6) is 0.129. The second-order valence-corrected chi connectivity index (χ2v) is 7.32. The molecule has 142 valence electrons. The maximum Gasteiger partial charge on any atom is 0.222 e. The molecule has 4 heteroatoms. The third-order valence-electron chi connectivity index (χ3n) is 5.44. The average Bonchev–Trinajstić information content (AvgIpc) is 2.72. The van der Waals surface area contributed by atoms with Crippen LogP contribution in [0.3, 0.4) is 0 Å². The molecule has 0 atom stereocenters. The van der Waals surface area contributed by atoms with E-state index in [4.69, 9.17) is 0 Å². The first-order chi connectivity index (χ1) is 13.1. The molecule has 0 saturated carbocycles. The Balaban J connectivity index is 1.79. The quantitative estimate of drug-likeness (QED) is 0.798. The van der Waals surface area contributed by atoms with Gasteiger partial charge in [-0.1, -0.05) is 60.7 Å². The van der Waals surface area contributed by atoms with Gasteiger partial charge in [-0.05, 0) is 30.4 Å². The van der Waals surface area contributed by atoms with Crippen molar-refractivity contribution in [3.8, 4) is 0 Å². The van der Waals surface area contributed by atoms with Crippen molar-refractivity contribution in [1.29, 1.82) is 0 Å². The van der Waals surface area contributed by atoms with E-state index in [1.165, 1.54) is 18.1 Å². The summed E-state index contributed by atoms with van der Waals surface area (Å²) in [7, 11) is 0. The number of hydrogen-bond donors (Lipinski definition) is 1. The highest BCUT2D eigenvalue weighted by Gasteiger charge is 2.39. The van der Waals surface area contributed by atoms with Crippen molar-refractivity contribution in [3.05, 3.63) is 71.8 Å². The molecule has 0 radical (unpaired) electrons. The lowest BCUT2D eigenvalue weighted by Crippen LogP contribution is -2.49. The Morgan fingerprint density at radius 2 is 1.59 bits per heavy atom. The number of hydrogen-bond acceptors (Lipinski definition) is 2. The molecule has 0 spiro atoms. The number of nitrogens with one attached hydrogen (secondary N) is 1. The second kappa shape index (κ2) is 8.85. The number of nitrogens with zero attached hydrogens (tertiary/aromatic N) is 1. The minimum absolute atomic E-state index is 0.0485. The van der Waals surface area contributed by atoms with Gasteiger partial charge in [0.1, 0.15) is 0 Å². The highest BCUT2D eigenvalue weighted by molar-refractivity contribution is 5.77. The number of benzene rings is 2. The summed E-state index contributed by atoms with van der Waals surface area (Å²) in [6, 6.07) is 21.1. The van der Waals surface area contributed by atoms with Crippen LogP contribution in [0.25, 0.3) is 0 Å². The van der Waals surface area contributed by atoms with Gasteiger partial charge in [-0.2, -0.15) is 0 Å². The largest absolute Gasteiger partial charge is 0.356 e. The fourth-order valence-electron chi connectivity index (χ4n) is 4.08. The van der Waals surface area contributed by atoms with E-state index in [2.05, 4.69) is 53.8 Å². The molecule has 0 aliphatic carbocycles. The lowest BCUT2D eigenvalue weighted by molar-refractivity contribution is -0.133. The van der Waals surface area contributed by atoms with Crippen LogP contribution >= 0.6 is 0 Å². The number of piperidine rings is 1. The predicted octanol–water partition coefficient (Wildman–Crippen LogP) is 3.51. The molecule has 1 heterocycles. The molecule has 1 fully saturated rings. The third kappa shape index (κ3) is 4.57. The van der Waals surface area contributed by atoms with Crippen molar-refractivity contribution in [1.82, 2.24) is 10.2 Å². The van der Waals surface area contributed by atoms with E-state index in [-0.39, 0.29) is 17.2 Å². The SMILES string of the molecule is CC(=O)NCCCC(=O)N1CCCC(c2ccccc2)(c2ccccc2)C1. The molecule has 1 aliphatic rings. The van der Waals surface area contributed by atoms with E-state index in [0.717, 1.165) is 19.4 Å². The van der Waals surface area contributed by atoms with E-state index in [1.807, 2.05) is 17.0 Å². The Morgan fingerprint density at radius 1 is 1.00 bits per heavy atom. The average molecular weight is 364 g/mol. The molecule has 2 aromatic rings. The molecular weight excluding hydrogens is 336 g/mol. The maximum atomic E-state index is 12.8. The summed E-state index contributed by atoms with van der Waals surface area (Å²) in [5.41, 5.74) is 2.38. The number of carbonyl (C=O) groups excluding carboxylic acids is 2. The van der Waals surface area contributed by atoms with Crippen LogP contribution in [-0.4, -0.2) is 36.3 Å². The van der Waals surface area contributed by atoms with Crippen LogP contribution in [0.5, 0.6) is 0 Å². The lowest BCUT2D eigenvalue weighted by atomic mass is 9.69. The van der Waals surface area contributed by atoms with E-state index >= 15 is 0 Å². The fraction of sp³-hybridized carbons (Fsp3) is 0.391. The summed E-state index contributed by atoms with van der Waals surface area (Å²) in [6.07, 6.45) is 3.18. The van der Waals surface area contributed by atoms with Crippen LogP contribution in [0.1, 0.15) is 43.7 Å². The Labute approximate surface area is 161 Å². The summed E-state index contributed by atoms with van der Waals surface area (Å²) >= 11 is 0. The standard InChI is InChI=1S/C23H28N2O2/c1-19(26)24-16-8-14-22(27)25-17-9-15-23(18-25,20-10-4-2-5-11-20)21-12-6-3-7-13-21/h2-7,10-13H,8-9,14-18H2,1H3,(H,24,26). The Kier molecular flexibility index (Phi) is 6.28. The molecule has 3 rings (SSSR count). The maximum absolute atomic E-state index is 12.8. The highest BCUT2D eigenvalue weighted by Crippen LogP contribution is 2.40. The first kappa shape index (κ1) is 19.2. The lowest BCUT2D eigenvalue weighted by Gasteiger charge is -2.44. The molecule has 2 amide bonds. The van der Waals surface area contributed by atoms with E-state index < -0.39 is 0 Å². The van der Waals surface area contributed by atoms with Crippen LogP contribution in [0.2, 0.25) is 0 Å². The Morgan fingerprint density at radius 3 is 2.15 bits per heavy atom. The minimum Gasteiger partial charge on any atom is -0.356 e. The van der Waals surface area contributed by atoms with Crippen molar-refractivity contribution in [2.24, 2.45) is 0 Å². The first-order valence-corrected chi connectivity index (χ1v) is 9.75. The van der Waals surface area contributed by atoms with Crippen molar-refractivity contribution >= 4 is 11.8 Å². The first-order valence-electron chi connectivity index (χ1n) is 9.75. The zero-order valence-electron chi connectivity index (χ0n) is 16.0. The second-order valence-electron chi connectivity index (χ2n) is 7.32. The molecule has 1 aliphatic heterocycles. The number of amides is 2. The Hall–Kier alpha value is -2.62. The zero-order valence-corrected chi connectivity index (χ0v) is 16.0. The molecule has 27 heavy (non-hydrogen) atoms. The minimum atomic E-state index is -0.159. The summed E-state index contributed by atoms with van der Waals surface area (Å²) in [5, 5.41) is 2.76. The predicted molar refractivity (Wildman–Crippen MR) is 107 cm³/mol. The van der Waals surface area contributed by atoms with Gasteiger partial charge in [0.25, 0.3) is 0 Å². The summed E-state index contributed by atoms with van der Waals surface area (Å²) < 4.78 is 0. The third-order valence-corrected chi connectivity index (χ3v) is 5.44. The van der Waals surface area contributed by atoms with Gasteiger partial charge in [-0.3, -0.25) is 9.59 Å². The highest BCUT2D eigenvalue weighted by atomic mass is 16.2. The van der Waals surface area contributed by atoms with E-state index in [1.54, 1.807) is 0 Å². The van der Waals surface area contributed by atoms with Crippen molar-refractivity contribution in [2.75, 3.05) is 19.6 Å². The zero-order chi connectivity index (χ0) is 19.1. The number of carbonyl (C=O) groups is 2. The van der Waals surface area contributed by atoms with Gasteiger partial charge >= 0.3 is 0 Å². The van der Waals surface area contributed by atoms with Gasteiger partial charge in [0.15, 0.2) is 0 Å². The topological polar surface area (TPSA) is 49.4 Å². The van der Waals surface area contributed by atoms with Crippen LogP contribution < -0.4 is 5.32 Å². The molecule has 0 bridgehead atoms. The number of likely N-dealkylation sites (tertiary alicyclic amines) is 1. The fourth-order valence-corrected chi connectivity index (χ4v) is 4.08. The number of rotatable bonds is 6. The monoisotopic (exact) mass is 364 g/mol. The smallest absolute Gasteiger partial charge is 0.222 e. The van der Waals surface area contributed by atoms with Crippen LogP contribution in [0.4, 0.5) is 0 Å². The van der Waals surface area contributed by atoms with E-state index in [9.17, 15) is 9.59 Å². The van der Waals surface area contributed by atoms with Crippen molar-refractivity contribution < 1.29 is 9.59 Å². The molecule has 1 N–H and O–H groups in total. The molecule has 2 aromatic carbocycles. The summed E-state index contributed by atoms with van der Waals surface area (Å²) in [4.78, 5) is 25.8. The van der Waals surface area contributed by atoms with Gasteiger partial charge in [-0.25, -0.2) is 0 Å². The van der Waals surface area contributed by atoms with Crippen LogP contribution in [0, 0.1) is 0 Å². The molecule has 1 saturated heterocycles. The van der Waals surface area contributed by atoms with E-state index in [0.29, 0.717) is 25.9 Å². The molecular formula is C23H28N2O2. The molecule has 0 aromatic heterocycles.